The monoisotopic (exact) mass is 643 g/mol. The highest BCUT2D eigenvalue weighted by molar-refractivity contribution is 6.02. The first-order valence-electron chi connectivity index (χ1n) is 15.0. The van der Waals surface area contributed by atoms with Crippen LogP contribution in [0.1, 0.15) is 56.0 Å². The fourth-order valence-electron chi connectivity index (χ4n) is 5.11. The lowest BCUT2D eigenvalue weighted by atomic mass is 9.98. The van der Waals surface area contributed by atoms with E-state index in [0.717, 1.165) is 22.3 Å². The van der Waals surface area contributed by atoms with Crippen LogP contribution in [-0.2, 0) is 25.7 Å². The molecule has 5 aromatic rings. The van der Waals surface area contributed by atoms with Crippen molar-refractivity contribution < 1.29 is 33.7 Å². The summed E-state index contributed by atoms with van der Waals surface area (Å²) in [6.07, 6.45) is -1.26. The van der Waals surface area contributed by atoms with E-state index in [4.69, 9.17) is 14.2 Å². The van der Waals surface area contributed by atoms with Crippen LogP contribution in [0.15, 0.2) is 66.7 Å². The number of carbonyl (C=O) groups excluding carboxylic acids is 2. The molecule has 5 rings (SSSR count). The maximum atomic E-state index is 13.4. The number of aromatic amines is 1. The molecule has 0 bridgehead atoms. The van der Waals surface area contributed by atoms with Crippen LogP contribution in [0.5, 0.6) is 6.01 Å². The Morgan fingerprint density at radius 1 is 1.00 bits per heavy atom. The largest absolute Gasteiger partial charge is 0.465 e. The van der Waals surface area contributed by atoms with Gasteiger partial charge in [0.15, 0.2) is 0 Å². The second-order valence-electron chi connectivity index (χ2n) is 10.6. The van der Waals surface area contributed by atoms with Crippen molar-refractivity contribution in [2.45, 2.75) is 59.0 Å². The molecule has 0 radical (unpaired) electrons. The lowest BCUT2D eigenvalue weighted by molar-refractivity contribution is -0.767. The van der Waals surface area contributed by atoms with Gasteiger partial charge in [-0.1, -0.05) is 54.6 Å². The fourth-order valence-corrected chi connectivity index (χ4v) is 5.11. The summed E-state index contributed by atoms with van der Waals surface area (Å²) >= 11 is 0. The molecule has 0 aliphatic heterocycles. The number of rotatable bonds is 15. The number of carbonyl (C=O) groups is 2. The lowest BCUT2D eigenvalue weighted by Crippen LogP contribution is -2.22. The summed E-state index contributed by atoms with van der Waals surface area (Å²) < 4.78 is 18.4. The smallest absolute Gasteiger partial charge is 0.343 e. The molecule has 2 atom stereocenters. The summed E-state index contributed by atoms with van der Waals surface area (Å²) in [6.45, 7) is 5.52. The number of benzene rings is 3. The van der Waals surface area contributed by atoms with Gasteiger partial charge in [-0.05, 0) is 60.7 Å². The average Bonchev–Trinajstić information content (AvgIpc) is 3.70. The van der Waals surface area contributed by atoms with Gasteiger partial charge in [-0.25, -0.2) is 4.79 Å². The first kappa shape index (κ1) is 32.5. The summed E-state index contributed by atoms with van der Waals surface area (Å²) in [4.78, 5) is 45.1. The van der Waals surface area contributed by atoms with Gasteiger partial charge in [0.05, 0.1) is 29.7 Å². The van der Waals surface area contributed by atoms with Gasteiger partial charge in [0.25, 0.3) is 11.1 Å². The number of aromatic nitrogens is 6. The minimum atomic E-state index is -1.18. The van der Waals surface area contributed by atoms with Crippen LogP contribution < -0.4 is 4.74 Å². The highest BCUT2D eigenvalue weighted by Crippen LogP contribution is 2.31. The molecule has 0 aliphatic rings. The molecule has 2 unspecified atom stereocenters. The van der Waals surface area contributed by atoms with Crippen LogP contribution >= 0.6 is 0 Å². The summed E-state index contributed by atoms with van der Waals surface area (Å²) in [5, 5.41) is 24.0. The van der Waals surface area contributed by atoms with Gasteiger partial charge >= 0.3 is 11.9 Å². The normalized spacial score (nSPS) is 12.3. The third-order valence-corrected chi connectivity index (χ3v) is 7.17. The molecule has 2 aromatic heterocycles. The molecule has 2 heterocycles. The molecule has 47 heavy (non-hydrogen) atoms. The number of imidazole rings is 1. The quantitative estimate of drug-likeness (QED) is 0.0686. The van der Waals surface area contributed by atoms with Crippen molar-refractivity contribution in [3.63, 3.8) is 0 Å². The predicted molar refractivity (Wildman–Crippen MR) is 167 cm³/mol. The standard InChI is InChI=1S/C32H33N7O8/c1-4-44-32-33-27-13-8-12-26(31(41)46-21(3)45-28(40)14-7-9-20(2)47-39(42)43)29(27)38(32)19-22-15-17-23(18-16-22)24-10-5-6-11-25(24)30-34-36-37-35-30/h5-6,8,10-13,15-18,20-21H,4,7,9,14,19H2,1-3H3,(H,34,35,36,37). The number of esters is 2. The Bertz CT molecular complexity index is 1840. The molecule has 0 fully saturated rings. The van der Waals surface area contributed by atoms with Crippen LogP contribution in [0.2, 0.25) is 0 Å². The summed E-state index contributed by atoms with van der Waals surface area (Å²) in [7, 11) is 0. The molecule has 1 N–H and O–H groups in total. The van der Waals surface area contributed by atoms with E-state index < -0.39 is 29.4 Å². The zero-order valence-electron chi connectivity index (χ0n) is 26.0. The van der Waals surface area contributed by atoms with Crippen molar-refractivity contribution in [2.75, 3.05) is 6.61 Å². The fraction of sp³-hybridized carbons (Fsp3) is 0.312. The molecule has 15 heteroatoms. The average molecular weight is 644 g/mol. The first-order chi connectivity index (χ1) is 22.7. The number of tetrazole rings is 1. The number of fused-ring (bicyclic) bond motifs is 1. The summed E-state index contributed by atoms with van der Waals surface area (Å²) in [5.41, 5.74) is 4.93. The van der Waals surface area contributed by atoms with Crippen molar-refractivity contribution >= 4 is 23.0 Å². The van der Waals surface area contributed by atoms with Crippen LogP contribution in [0.4, 0.5) is 0 Å². The number of H-pyrrole nitrogens is 1. The van der Waals surface area contributed by atoms with Crippen LogP contribution in [0, 0.1) is 10.1 Å². The number of hydrogen-bond donors (Lipinski definition) is 1. The second kappa shape index (κ2) is 14.9. The predicted octanol–water partition coefficient (Wildman–Crippen LogP) is 5.14. The molecule has 0 aliphatic carbocycles. The van der Waals surface area contributed by atoms with Crippen LogP contribution in [0.3, 0.4) is 0 Å². The Hall–Kier alpha value is -5.86. The summed E-state index contributed by atoms with van der Waals surface area (Å²) in [6, 6.07) is 21.1. The molecule has 0 amide bonds. The Labute approximate surface area is 268 Å². The minimum Gasteiger partial charge on any atom is -0.465 e. The molecule has 0 spiro atoms. The SMILES string of the molecule is CCOc1nc2cccc(C(=O)OC(C)OC(=O)CCCC(C)O[N+](=O)[O-])c2n1Cc1ccc(-c2ccccc2-c2nn[nH]n2)cc1. The highest BCUT2D eigenvalue weighted by Gasteiger charge is 2.23. The van der Waals surface area contributed by atoms with E-state index in [9.17, 15) is 19.7 Å². The second-order valence-corrected chi connectivity index (χ2v) is 10.6. The number of ether oxygens (including phenoxy) is 3. The molecule has 15 nitrogen and oxygen atoms in total. The molecule has 0 saturated carbocycles. The van der Waals surface area contributed by atoms with Crippen molar-refractivity contribution in [2.24, 2.45) is 0 Å². The van der Waals surface area contributed by atoms with Gasteiger partial charge in [0.2, 0.25) is 12.1 Å². The number of para-hydroxylation sites is 1. The van der Waals surface area contributed by atoms with E-state index in [1.807, 2.05) is 60.0 Å². The Morgan fingerprint density at radius 2 is 1.77 bits per heavy atom. The van der Waals surface area contributed by atoms with Gasteiger partial charge in [-0.2, -0.15) is 10.2 Å². The Morgan fingerprint density at radius 3 is 2.47 bits per heavy atom. The summed E-state index contributed by atoms with van der Waals surface area (Å²) in [5.74, 6) is -0.820. The van der Waals surface area contributed by atoms with Gasteiger partial charge in [0, 0.05) is 18.9 Å². The Balaban J connectivity index is 1.32. The topological polar surface area (TPSA) is 186 Å². The molecule has 0 saturated heterocycles. The van der Waals surface area contributed by atoms with Crippen molar-refractivity contribution in [3.05, 3.63) is 88.0 Å². The minimum absolute atomic E-state index is 0.0190. The van der Waals surface area contributed by atoms with Gasteiger partial charge in [0.1, 0.15) is 6.10 Å². The molecular weight excluding hydrogens is 610 g/mol. The lowest BCUT2D eigenvalue weighted by Gasteiger charge is -2.16. The molecule has 3 aromatic carbocycles. The first-order valence-corrected chi connectivity index (χ1v) is 15.0. The zero-order chi connectivity index (χ0) is 33.3. The van der Waals surface area contributed by atoms with Crippen LogP contribution in [-0.4, -0.2) is 66.2 Å². The van der Waals surface area contributed by atoms with E-state index in [0.29, 0.717) is 42.4 Å². The van der Waals surface area contributed by atoms with E-state index >= 15 is 0 Å². The van der Waals surface area contributed by atoms with Gasteiger partial charge in [-0.15, -0.1) is 20.3 Å². The highest BCUT2D eigenvalue weighted by atomic mass is 17.0. The van der Waals surface area contributed by atoms with E-state index in [1.54, 1.807) is 18.2 Å². The van der Waals surface area contributed by atoms with Gasteiger partial charge < -0.3 is 19.0 Å². The third kappa shape index (κ3) is 8.06. The Kier molecular flexibility index (Phi) is 10.3. The number of nitrogens with one attached hydrogen (secondary N) is 1. The van der Waals surface area contributed by atoms with E-state index in [-0.39, 0.29) is 18.4 Å². The number of hydrogen-bond acceptors (Lipinski definition) is 12. The van der Waals surface area contributed by atoms with Crippen molar-refractivity contribution in [1.29, 1.82) is 0 Å². The van der Waals surface area contributed by atoms with Crippen molar-refractivity contribution in [3.8, 4) is 28.5 Å². The molecular formula is C32H33N7O8. The zero-order valence-corrected chi connectivity index (χ0v) is 26.0. The van der Waals surface area contributed by atoms with E-state index in [2.05, 4.69) is 30.4 Å². The van der Waals surface area contributed by atoms with Gasteiger partial charge in [-0.3, -0.25) is 9.36 Å². The maximum absolute atomic E-state index is 13.4. The van der Waals surface area contributed by atoms with E-state index in [1.165, 1.54) is 13.8 Å². The molecule has 244 valence electrons. The maximum Gasteiger partial charge on any atom is 0.343 e. The third-order valence-electron chi connectivity index (χ3n) is 7.17. The van der Waals surface area contributed by atoms with Crippen molar-refractivity contribution in [1.82, 2.24) is 30.2 Å². The van der Waals surface area contributed by atoms with Crippen LogP contribution in [0.25, 0.3) is 33.5 Å². The number of nitrogens with zero attached hydrogens (tertiary/aromatic N) is 6.